The minimum atomic E-state index is -4.32. The van der Waals surface area contributed by atoms with Gasteiger partial charge in [-0.05, 0) is 18.7 Å². The molecule has 4 heteroatoms. The molecule has 1 aromatic rings. The molecule has 1 rings (SSSR count). The van der Waals surface area contributed by atoms with Crippen LogP contribution in [0, 0.1) is 0 Å². The summed E-state index contributed by atoms with van der Waals surface area (Å²) in [7, 11) is 1.60. The van der Waals surface area contributed by atoms with E-state index >= 15 is 0 Å². The molecule has 1 nitrogen and oxygen atoms in total. The molecule has 15 heavy (non-hydrogen) atoms. The second-order valence-corrected chi connectivity index (χ2v) is 3.09. The van der Waals surface area contributed by atoms with Gasteiger partial charge in [-0.3, -0.25) is 0 Å². The van der Waals surface area contributed by atoms with Crippen LogP contribution < -0.4 is 5.32 Å². The molecule has 0 amide bonds. The zero-order valence-electron chi connectivity index (χ0n) is 8.31. The molecule has 1 atom stereocenters. The van der Waals surface area contributed by atoms with Crippen LogP contribution in [0.5, 0.6) is 0 Å². The molecule has 0 saturated heterocycles. The number of likely N-dealkylation sites (N-methyl/N-ethyl adjacent to an activating group) is 1. The topological polar surface area (TPSA) is 12.0 Å². The Morgan fingerprint density at radius 1 is 1.33 bits per heavy atom. The van der Waals surface area contributed by atoms with Crippen molar-refractivity contribution in [2.24, 2.45) is 0 Å². The Kier molecular flexibility index (Phi) is 3.52. The van der Waals surface area contributed by atoms with Crippen LogP contribution in [0.25, 0.3) is 0 Å². The lowest BCUT2D eigenvalue weighted by Crippen LogP contribution is -2.19. The quantitative estimate of drug-likeness (QED) is 0.764. The van der Waals surface area contributed by atoms with Crippen LogP contribution in [-0.2, 0) is 6.18 Å². The molecule has 0 aliphatic rings. The average Bonchev–Trinajstić information content (AvgIpc) is 2.19. The third-order valence-corrected chi connectivity index (χ3v) is 2.15. The summed E-state index contributed by atoms with van der Waals surface area (Å²) in [5.41, 5.74) is -0.424. The smallest absolute Gasteiger partial charge is 0.310 e. The Morgan fingerprint density at radius 2 is 1.93 bits per heavy atom. The Labute approximate surface area is 86.6 Å². The zero-order chi connectivity index (χ0) is 11.5. The predicted octanol–water partition coefficient (Wildman–Crippen LogP) is 3.15. The largest absolute Gasteiger partial charge is 0.416 e. The van der Waals surface area contributed by atoms with E-state index in [1.165, 1.54) is 18.2 Å². The van der Waals surface area contributed by atoms with Crippen LogP contribution >= 0.6 is 0 Å². The summed E-state index contributed by atoms with van der Waals surface area (Å²) in [6, 6.07) is 5.00. The maximum Gasteiger partial charge on any atom is 0.416 e. The number of halogens is 3. The van der Waals surface area contributed by atoms with Gasteiger partial charge < -0.3 is 5.32 Å². The maximum absolute atomic E-state index is 12.6. The second-order valence-electron chi connectivity index (χ2n) is 3.09. The Hall–Kier alpha value is -1.29. The number of rotatable bonds is 3. The highest BCUT2D eigenvalue weighted by Gasteiger charge is 2.34. The van der Waals surface area contributed by atoms with Gasteiger partial charge in [-0.15, -0.1) is 6.58 Å². The third-order valence-electron chi connectivity index (χ3n) is 2.15. The second kappa shape index (κ2) is 4.49. The third kappa shape index (κ3) is 2.59. The van der Waals surface area contributed by atoms with Gasteiger partial charge in [0.05, 0.1) is 11.6 Å². The lowest BCUT2D eigenvalue weighted by molar-refractivity contribution is -0.138. The monoisotopic (exact) mass is 215 g/mol. The first-order chi connectivity index (χ1) is 7.00. The first kappa shape index (κ1) is 11.8. The molecule has 0 radical (unpaired) electrons. The first-order valence-corrected chi connectivity index (χ1v) is 4.46. The van der Waals surface area contributed by atoms with Gasteiger partial charge in [-0.25, -0.2) is 0 Å². The van der Waals surface area contributed by atoms with Crippen LogP contribution in [0.1, 0.15) is 17.2 Å². The van der Waals surface area contributed by atoms with Crippen molar-refractivity contribution in [1.29, 1.82) is 0 Å². The van der Waals surface area contributed by atoms with Crippen molar-refractivity contribution in [3.05, 3.63) is 48.0 Å². The fourth-order valence-electron chi connectivity index (χ4n) is 1.43. The molecule has 0 aromatic heterocycles. The van der Waals surface area contributed by atoms with Crippen LogP contribution in [-0.4, -0.2) is 7.05 Å². The molecule has 0 fully saturated rings. The van der Waals surface area contributed by atoms with E-state index in [1.807, 2.05) is 0 Å². The maximum atomic E-state index is 12.6. The average molecular weight is 215 g/mol. The fraction of sp³-hybridized carbons (Fsp3) is 0.273. The van der Waals surface area contributed by atoms with Gasteiger partial charge in [0, 0.05) is 0 Å². The van der Waals surface area contributed by atoms with Gasteiger partial charge in [0.1, 0.15) is 0 Å². The van der Waals surface area contributed by atoms with E-state index in [4.69, 9.17) is 0 Å². The van der Waals surface area contributed by atoms with E-state index in [2.05, 4.69) is 11.9 Å². The number of hydrogen-bond donors (Lipinski definition) is 1. The van der Waals surface area contributed by atoms with Crippen molar-refractivity contribution < 1.29 is 13.2 Å². The molecule has 1 N–H and O–H groups in total. The van der Waals surface area contributed by atoms with Crippen molar-refractivity contribution in [2.75, 3.05) is 7.05 Å². The highest BCUT2D eigenvalue weighted by Crippen LogP contribution is 2.34. The summed E-state index contributed by atoms with van der Waals surface area (Å²) in [4.78, 5) is 0. The summed E-state index contributed by atoms with van der Waals surface area (Å²) < 4.78 is 37.9. The molecule has 0 spiro atoms. The van der Waals surface area contributed by atoms with Crippen molar-refractivity contribution >= 4 is 0 Å². The van der Waals surface area contributed by atoms with Crippen LogP contribution in [0.15, 0.2) is 36.9 Å². The van der Waals surface area contributed by atoms with Gasteiger partial charge in [0.2, 0.25) is 0 Å². The molecular formula is C11H12F3N. The molecule has 1 unspecified atom stereocenters. The minimum Gasteiger partial charge on any atom is -0.310 e. The number of hydrogen-bond acceptors (Lipinski definition) is 1. The number of benzene rings is 1. The molecule has 0 bridgehead atoms. The molecule has 0 heterocycles. The van der Waals surface area contributed by atoms with Crippen molar-refractivity contribution in [2.45, 2.75) is 12.2 Å². The summed E-state index contributed by atoms with van der Waals surface area (Å²) in [5.74, 6) is 0. The van der Waals surface area contributed by atoms with E-state index in [1.54, 1.807) is 13.1 Å². The van der Waals surface area contributed by atoms with Crippen molar-refractivity contribution in [3.8, 4) is 0 Å². The van der Waals surface area contributed by atoms with Gasteiger partial charge in [-0.1, -0.05) is 24.3 Å². The van der Waals surface area contributed by atoms with Crippen LogP contribution in [0.2, 0.25) is 0 Å². The highest BCUT2D eigenvalue weighted by atomic mass is 19.4. The number of alkyl halides is 3. The fourth-order valence-corrected chi connectivity index (χ4v) is 1.43. The van der Waals surface area contributed by atoms with E-state index in [0.29, 0.717) is 0 Å². The molecule has 0 aliphatic heterocycles. The summed E-state index contributed by atoms with van der Waals surface area (Å²) in [6.07, 6.45) is -2.88. The van der Waals surface area contributed by atoms with Crippen molar-refractivity contribution in [1.82, 2.24) is 5.32 Å². The highest BCUT2D eigenvalue weighted by molar-refractivity contribution is 5.34. The van der Waals surface area contributed by atoms with Crippen LogP contribution in [0.3, 0.4) is 0 Å². The predicted molar refractivity (Wildman–Crippen MR) is 53.4 cm³/mol. The van der Waals surface area contributed by atoms with Crippen LogP contribution in [0.4, 0.5) is 13.2 Å². The van der Waals surface area contributed by atoms with E-state index in [-0.39, 0.29) is 5.56 Å². The molecule has 82 valence electrons. The minimum absolute atomic E-state index is 0.197. The SMILES string of the molecule is C=CC(NC)c1ccccc1C(F)(F)F. The van der Waals surface area contributed by atoms with Gasteiger partial charge in [-0.2, -0.15) is 13.2 Å². The lowest BCUT2D eigenvalue weighted by Gasteiger charge is -2.18. The van der Waals surface area contributed by atoms with Gasteiger partial charge in [0.15, 0.2) is 0 Å². The summed E-state index contributed by atoms with van der Waals surface area (Å²) in [6.45, 7) is 3.50. The van der Waals surface area contributed by atoms with E-state index in [0.717, 1.165) is 6.07 Å². The molecule has 1 aromatic carbocycles. The Bertz CT molecular complexity index is 344. The summed E-state index contributed by atoms with van der Waals surface area (Å²) >= 11 is 0. The molecule has 0 saturated carbocycles. The number of nitrogens with one attached hydrogen (secondary N) is 1. The van der Waals surface area contributed by atoms with Gasteiger partial charge >= 0.3 is 6.18 Å². The van der Waals surface area contributed by atoms with E-state index < -0.39 is 17.8 Å². The Balaban J connectivity index is 3.22. The normalized spacial score (nSPS) is 13.6. The zero-order valence-corrected chi connectivity index (χ0v) is 8.31. The summed E-state index contributed by atoms with van der Waals surface area (Å²) in [5, 5.41) is 2.76. The Morgan fingerprint density at radius 3 is 2.40 bits per heavy atom. The van der Waals surface area contributed by atoms with Gasteiger partial charge in [0.25, 0.3) is 0 Å². The first-order valence-electron chi connectivity index (χ1n) is 4.46. The molecule has 0 aliphatic carbocycles. The molecular weight excluding hydrogens is 203 g/mol. The standard InChI is InChI=1S/C11H12F3N/c1-3-10(15-2)8-6-4-5-7-9(8)11(12,13)14/h3-7,10,15H,1H2,2H3. The lowest BCUT2D eigenvalue weighted by atomic mass is 10.00. The van der Waals surface area contributed by atoms with E-state index in [9.17, 15) is 13.2 Å². The van der Waals surface area contributed by atoms with Crippen molar-refractivity contribution in [3.63, 3.8) is 0 Å².